The van der Waals surface area contributed by atoms with Crippen molar-refractivity contribution in [3.8, 4) is 11.1 Å². The average molecular weight is 376 g/mol. The van der Waals surface area contributed by atoms with Crippen LogP contribution in [0, 0.1) is 0 Å². The number of carbonyl (C=O) groups excluding carboxylic acids is 2. The minimum atomic E-state index is -1.18. The van der Waals surface area contributed by atoms with Gasteiger partial charge in [-0.05, 0) is 41.5 Å². The molecule has 0 saturated heterocycles. The first kappa shape index (κ1) is 18.7. The minimum absolute atomic E-state index is 0.0392. The molecule has 0 aliphatic carbocycles. The zero-order valence-corrected chi connectivity index (χ0v) is 14.8. The van der Waals surface area contributed by atoms with Gasteiger partial charge in [0.25, 0.3) is 11.8 Å². The van der Waals surface area contributed by atoms with Crippen LogP contribution in [0.3, 0.4) is 0 Å². The second kappa shape index (κ2) is 8.09. The van der Waals surface area contributed by atoms with Gasteiger partial charge in [0.05, 0.1) is 11.3 Å². The second-order valence-electron chi connectivity index (χ2n) is 5.73. The lowest BCUT2D eigenvalue weighted by molar-refractivity contribution is 0.0698. The van der Waals surface area contributed by atoms with Crippen LogP contribution < -0.4 is 10.6 Å². The Labute approximate surface area is 160 Å². The summed E-state index contributed by atoms with van der Waals surface area (Å²) in [6, 6.07) is 11.0. The molecular weight excluding hydrogens is 360 g/mol. The molecule has 140 valence electrons. The summed E-state index contributed by atoms with van der Waals surface area (Å²) in [7, 11) is 1.46. The number of rotatable bonds is 5. The number of carboxylic acids is 1. The first-order valence-corrected chi connectivity index (χ1v) is 8.27. The van der Waals surface area contributed by atoms with Crippen LogP contribution in [-0.2, 0) is 0 Å². The maximum Gasteiger partial charge on any atom is 0.338 e. The summed E-state index contributed by atoms with van der Waals surface area (Å²) in [5.74, 6) is -2.16. The molecule has 3 aromatic rings. The number of carbonyl (C=O) groups is 3. The lowest BCUT2D eigenvalue weighted by Gasteiger charge is -2.13. The maximum atomic E-state index is 12.6. The van der Waals surface area contributed by atoms with E-state index >= 15 is 0 Å². The Bertz CT molecular complexity index is 1050. The van der Waals surface area contributed by atoms with Gasteiger partial charge in [-0.1, -0.05) is 12.1 Å². The maximum absolute atomic E-state index is 12.6. The van der Waals surface area contributed by atoms with Crippen molar-refractivity contribution in [3.63, 3.8) is 0 Å². The lowest BCUT2D eigenvalue weighted by atomic mass is 9.99. The lowest BCUT2D eigenvalue weighted by Crippen LogP contribution is -2.21. The summed E-state index contributed by atoms with van der Waals surface area (Å²) < 4.78 is 0. The Hall–Kier alpha value is -4.07. The number of hydrogen-bond acceptors (Lipinski definition) is 5. The molecule has 0 spiro atoms. The van der Waals surface area contributed by atoms with Crippen LogP contribution in [0.4, 0.5) is 5.69 Å². The largest absolute Gasteiger partial charge is 0.478 e. The summed E-state index contributed by atoms with van der Waals surface area (Å²) in [5, 5.41) is 14.7. The summed E-state index contributed by atoms with van der Waals surface area (Å²) in [5.41, 5.74) is 1.48. The van der Waals surface area contributed by atoms with Crippen LogP contribution in [0.2, 0.25) is 0 Å². The van der Waals surface area contributed by atoms with Crippen LogP contribution in [-0.4, -0.2) is 39.9 Å². The van der Waals surface area contributed by atoms with E-state index in [9.17, 15) is 19.5 Å². The SMILES string of the molecule is CNC(=O)c1cc(C(=O)Nc2cccc(-c3ccncc3)c2C(=O)O)ccn1. The fraction of sp³-hybridized carbons (Fsp3) is 0.0500. The normalized spacial score (nSPS) is 10.2. The number of carboxylic acid groups (broad SMARTS) is 1. The number of benzene rings is 1. The Kier molecular flexibility index (Phi) is 5.40. The molecule has 0 fully saturated rings. The summed E-state index contributed by atoms with van der Waals surface area (Å²) in [6.45, 7) is 0. The van der Waals surface area contributed by atoms with Gasteiger partial charge >= 0.3 is 5.97 Å². The van der Waals surface area contributed by atoms with Crippen molar-refractivity contribution in [2.75, 3.05) is 12.4 Å². The molecule has 0 radical (unpaired) electrons. The molecule has 2 aromatic heterocycles. The van der Waals surface area contributed by atoms with E-state index in [4.69, 9.17) is 0 Å². The fourth-order valence-electron chi connectivity index (χ4n) is 2.68. The Morgan fingerprint density at radius 2 is 1.71 bits per heavy atom. The highest BCUT2D eigenvalue weighted by atomic mass is 16.4. The second-order valence-corrected chi connectivity index (χ2v) is 5.73. The molecule has 3 rings (SSSR count). The van der Waals surface area contributed by atoms with E-state index in [-0.39, 0.29) is 22.5 Å². The first-order valence-electron chi connectivity index (χ1n) is 8.27. The van der Waals surface area contributed by atoms with E-state index in [1.54, 1.807) is 36.7 Å². The predicted octanol–water partition coefficient (Wildman–Crippen LogP) is 2.45. The molecule has 2 amide bonds. The molecule has 0 atom stereocenters. The van der Waals surface area contributed by atoms with Gasteiger partial charge in [0.1, 0.15) is 5.69 Å². The number of aromatic nitrogens is 2. The summed E-state index contributed by atoms with van der Waals surface area (Å²) in [6.07, 6.45) is 4.46. The van der Waals surface area contributed by atoms with E-state index in [1.807, 2.05) is 0 Å². The average Bonchev–Trinajstić information content (AvgIpc) is 2.73. The number of nitrogens with zero attached hydrogens (tertiary/aromatic N) is 2. The fourth-order valence-corrected chi connectivity index (χ4v) is 2.68. The van der Waals surface area contributed by atoms with Gasteiger partial charge in [-0.15, -0.1) is 0 Å². The molecule has 0 saturated carbocycles. The number of pyridine rings is 2. The third kappa shape index (κ3) is 3.85. The van der Waals surface area contributed by atoms with E-state index in [0.717, 1.165) is 0 Å². The van der Waals surface area contributed by atoms with Gasteiger partial charge in [-0.3, -0.25) is 19.6 Å². The molecule has 8 heteroatoms. The molecule has 3 N–H and O–H groups in total. The monoisotopic (exact) mass is 376 g/mol. The molecular formula is C20H16N4O4. The molecule has 2 heterocycles. The van der Waals surface area contributed by atoms with Crippen LogP contribution in [0.5, 0.6) is 0 Å². The minimum Gasteiger partial charge on any atom is -0.478 e. The molecule has 0 aliphatic rings. The van der Waals surface area contributed by atoms with Crippen LogP contribution >= 0.6 is 0 Å². The highest BCUT2D eigenvalue weighted by Gasteiger charge is 2.19. The van der Waals surface area contributed by atoms with Gasteiger partial charge in [-0.2, -0.15) is 0 Å². The molecule has 1 aromatic carbocycles. The first-order chi connectivity index (χ1) is 13.5. The van der Waals surface area contributed by atoms with Gasteiger partial charge in [-0.25, -0.2) is 4.79 Å². The van der Waals surface area contributed by atoms with E-state index in [0.29, 0.717) is 11.1 Å². The molecule has 0 bridgehead atoms. The topological polar surface area (TPSA) is 121 Å². The van der Waals surface area contributed by atoms with Crippen molar-refractivity contribution in [1.82, 2.24) is 15.3 Å². The van der Waals surface area contributed by atoms with Gasteiger partial charge in [0, 0.05) is 31.2 Å². The summed E-state index contributed by atoms with van der Waals surface area (Å²) in [4.78, 5) is 44.1. The van der Waals surface area contributed by atoms with Crippen LogP contribution in [0.25, 0.3) is 11.1 Å². The third-order valence-electron chi connectivity index (χ3n) is 4.00. The molecule has 0 unspecified atom stereocenters. The van der Waals surface area contributed by atoms with Crippen molar-refractivity contribution in [1.29, 1.82) is 0 Å². The zero-order chi connectivity index (χ0) is 20.1. The van der Waals surface area contributed by atoms with Crippen molar-refractivity contribution in [3.05, 3.63) is 77.9 Å². The quantitative estimate of drug-likeness (QED) is 0.629. The number of amides is 2. The Morgan fingerprint density at radius 1 is 0.964 bits per heavy atom. The van der Waals surface area contributed by atoms with E-state index in [2.05, 4.69) is 20.6 Å². The number of aromatic carboxylic acids is 1. The zero-order valence-electron chi connectivity index (χ0n) is 14.8. The summed E-state index contributed by atoms with van der Waals surface area (Å²) >= 11 is 0. The van der Waals surface area contributed by atoms with Crippen molar-refractivity contribution in [2.45, 2.75) is 0 Å². The predicted molar refractivity (Wildman–Crippen MR) is 102 cm³/mol. The van der Waals surface area contributed by atoms with Crippen molar-refractivity contribution >= 4 is 23.5 Å². The van der Waals surface area contributed by atoms with Crippen molar-refractivity contribution < 1.29 is 19.5 Å². The molecule has 8 nitrogen and oxygen atoms in total. The Balaban J connectivity index is 1.98. The third-order valence-corrected chi connectivity index (χ3v) is 4.00. The molecule has 0 aliphatic heterocycles. The number of hydrogen-bond donors (Lipinski definition) is 3. The van der Waals surface area contributed by atoms with Gasteiger partial charge in [0.2, 0.25) is 0 Å². The highest BCUT2D eigenvalue weighted by Crippen LogP contribution is 2.29. The number of nitrogens with one attached hydrogen (secondary N) is 2. The molecule has 28 heavy (non-hydrogen) atoms. The van der Waals surface area contributed by atoms with Gasteiger partial charge in [0.15, 0.2) is 0 Å². The number of anilines is 1. The van der Waals surface area contributed by atoms with Crippen LogP contribution in [0.1, 0.15) is 31.2 Å². The van der Waals surface area contributed by atoms with Crippen LogP contribution in [0.15, 0.2) is 61.1 Å². The van der Waals surface area contributed by atoms with E-state index < -0.39 is 17.8 Å². The smallest absolute Gasteiger partial charge is 0.338 e. The standard InChI is InChI=1S/C20H16N4O4/c1-21-19(26)16-11-13(7-10-23-16)18(25)24-15-4-2-3-14(17(15)20(27)28)12-5-8-22-9-6-12/h2-11H,1H3,(H,21,26)(H,24,25)(H,27,28). The highest BCUT2D eigenvalue weighted by molar-refractivity contribution is 6.10. The van der Waals surface area contributed by atoms with E-state index in [1.165, 1.54) is 31.4 Å². The van der Waals surface area contributed by atoms with Gasteiger partial charge < -0.3 is 15.7 Å². The van der Waals surface area contributed by atoms with Crippen molar-refractivity contribution in [2.24, 2.45) is 0 Å². The Morgan fingerprint density at radius 3 is 2.39 bits per heavy atom.